The smallest absolute Gasteiger partial charge is 0.350 e. The van der Waals surface area contributed by atoms with Gasteiger partial charge in [0.1, 0.15) is 6.17 Å². The van der Waals surface area contributed by atoms with Crippen LogP contribution in [-0.4, -0.2) is 61.8 Å². The topological polar surface area (TPSA) is 108 Å². The van der Waals surface area contributed by atoms with Crippen LogP contribution < -0.4 is 10.6 Å². The second-order valence-corrected chi connectivity index (χ2v) is 10.9. The summed E-state index contributed by atoms with van der Waals surface area (Å²) in [6, 6.07) is 3.07. The normalized spacial score (nSPS) is 27.8. The number of hydrogen-bond donors (Lipinski definition) is 3. The minimum atomic E-state index is -3.72. The number of hydrogen-bond acceptors (Lipinski definition) is 7. The standard InChI is InChI=1S/C19H28ClN3O5S/c1-11-8-14(12(2)7-13(11)20)29(26,27)9-16-22-17(18(24)25)28-23(16)15-5-6-21-10-19(15,3)4/h7-8,15-17,21-22H,5-6,9-10H2,1-4H3,(H,24,25). The molecule has 0 radical (unpaired) electrons. The van der Waals surface area contributed by atoms with Gasteiger partial charge < -0.3 is 10.4 Å². The first-order chi connectivity index (χ1) is 13.4. The predicted octanol–water partition coefficient (Wildman–Crippen LogP) is 1.69. The molecule has 8 nitrogen and oxygen atoms in total. The zero-order valence-corrected chi connectivity index (χ0v) is 18.6. The molecular weight excluding hydrogens is 418 g/mol. The van der Waals surface area contributed by atoms with Crippen molar-refractivity contribution in [1.82, 2.24) is 15.7 Å². The zero-order valence-electron chi connectivity index (χ0n) is 17.0. The Hall–Kier alpha value is -1.23. The van der Waals surface area contributed by atoms with Crippen molar-refractivity contribution in [3.8, 4) is 0 Å². The van der Waals surface area contributed by atoms with E-state index in [1.807, 2.05) is 0 Å². The van der Waals surface area contributed by atoms with E-state index < -0.39 is 28.2 Å². The van der Waals surface area contributed by atoms with Gasteiger partial charge in [0.15, 0.2) is 9.84 Å². The molecule has 162 valence electrons. The number of halogens is 1. The number of nitrogens with zero attached hydrogens (tertiary/aromatic N) is 1. The van der Waals surface area contributed by atoms with Gasteiger partial charge in [-0.1, -0.05) is 25.4 Å². The van der Waals surface area contributed by atoms with Crippen molar-refractivity contribution >= 4 is 27.4 Å². The highest BCUT2D eigenvalue weighted by Crippen LogP contribution is 2.34. The molecule has 0 saturated carbocycles. The lowest BCUT2D eigenvalue weighted by Crippen LogP contribution is -2.57. The summed E-state index contributed by atoms with van der Waals surface area (Å²) in [7, 11) is -3.72. The highest BCUT2D eigenvalue weighted by Gasteiger charge is 2.48. The highest BCUT2D eigenvalue weighted by atomic mass is 35.5. The van der Waals surface area contributed by atoms with Crippen LogP contribution in [0, 0.1) is 19.3 Å². The second kappa shape index (κ2) is 8.13. The van der Waals surface area contributed by atoms with Gasteiger partial charge in [0, 0.05) is 17.6 Å². The molecule has 2 fully saturated rings. The number of hydroxylamine groups is 2. The Morgan fingerprint density at radius 1 is 1.34 bits per heavy atom. The van der Waals surface area contributed by atoms with Crippen LogP contribution in [0.3, 0.4) is 0 Å². The Balaban J connectivity index is 1.92. The minimum absolute atomic E-state index is 0.131. The number of carboxylic acids is 1. The molecule has 29 heavy (non-hydrogen) atoms. The number of piperidine rings is 1. The summed E-state index contributed by atoms with van der Waals surface area (Å²) < 4.78 is 26.4. The fourth-order valence-corrected chi connectivity index (χ4v) is 5.98. The summed E-state index contributed by atoms with van der Waals surface area (Å²) in [5, 5.41) is 17.6. The van der Waals surface area contributed by atoms with Crippen molar-refractivity contribution in [2.75, 3.05) is 18.8 Å². The van der Waals surface area contributed by atoms with Crippen LogP contribution in [-0.2, 0) is 19.5 Å². The molecule has 2 aliphatic rings. The van der Waals surface area contributed by atoms with Gasteiger partial charge in [0.05, 0.1) is 10.6 Å². The fourth-order valence-electron chi connectivity index (χ4n) is 4.02. The summed E-state index contributed by atoms with van der Waals surface area (Å²) >= 11 is 6.11. The third kappa shape index (κ3) is 4.60. The molecule has 2 heterocycles. The van der Waals surface area contributed by atoms with Crippen molar-refractivity contribution in [2.24, 2.45) is 5.41 Å². The molecule has 0 bridgehead atoms. The molecule has 10 heteroatoms. The molecule has 3 atom stereocenters. The molecule has 1 aromatic carbocycles. The molecule has 2 aliphatic heterocycles. The summed E-state index contributed by atoms with van der Waals surface area (Å²) in [5.41, 5.74) is 1.01. The van der Waals surface area contributed by atoms with Gasteiger partial charge in [-0.25, -0.2) is 13.2 Å². The summed E-state index contributed by atoms with van der Waals surface area (Å²) in [4.78, 5) is 17.4. The van der Waals surface area contributed by atoms with Crippen molar-refractivity contribution in [2.45, 2.75) is 57.4 Å². The Bertz CT molecular complexity index is 905. The first-order valence-corrected chi connectivity index (χ1v) is 11.6. The van der Waals surface area contributed by atoms with Crippen molar-refractivity contribution < 1.29 is 23.2 Å². The quantitative estimate of drug-likeness (QED) is 0.628. The number of aryl methyl sites for hydroxylation is 2. The maximum atomic E-state index is 13.2. The molecule has 0 amide bonds. The Morgan fingerprint density at radius 3 is 2.66 bits per heavy atom. The van der Waals surface area contributed by atoms with Crippen molar-refractivity contribution in [3.63, 3.8) is 0 Å². The number of carbonyl (C=O) groups is 1. The molecule has 1 aromatic rings. The number of carboxylic acid groups (broad SMARTS) is 1. The summed E-state index contributed by atoms with van der Waals surface area (Å²) in [6.07, 6.45) is -1.34. The van der Waals surface area contributed by atoms with Gasteiger partial charge in [0.25, 0.3) is 0 Å². The second-order valence-electron chi connectivity index (χ2n) is 8.48. The van der Waals surface area contributed by atoms with Crippen molar-refractivity contribution in [3.05, 3.63) is 28.3 Å². The number of benzene rings is 1. The SMILES string of the molecule is Cc1cc(S(=O)(=O)CC2NC(C(=O)O)ON2C2CCNCC2(C)C)c(C)cc1Cl. The van der Waals surface area contributed by atoms with Gasteiger partial charge in [0.2, 0.25) is 6.23 Å². The third-order valence-electron chi connectivity index (χ3n) is 5.66. The van der Waals surface area contributed by atoms with E-state index in [4.69, 9.17) is 16.4 Å². The van der Waals surface area contributed by atoms with Crippen LogP contribution >= 0.6 is 11.6 Å². The Labute approximate surface area is 176 Å². The monoisotopic (exact) mass is 445 g/mol. The average molecular weight is 446 g/mol. The zero-order chi connectivity index (χ0) is 21.6. The van der Waals surface area contributed by atoms with E-state index in [0.717, 1.165) is 19.5 Å². The van der Waals surface area contributed by atoms with Crippen LogP contribution in [0.2, 0.25) is 5.02 Å². The molecule has 0 aromatic heterocycles. The van der Waals surface area contributed by atoms with E-state index in [0.29, 0.717) is 16.1 Å². The highest BCUT2D eigenvalue weighted by molar-refractivity contribution is 7.91. The van der Waals surface area contributed by atoms with Gasteiger partial charge in [-0.3, -0.25) is 10.2 Å². The molecule has 3 unspecified atom stereocenters. The lowest BCUT2D eigenvalue weighted by molar-refractivity contribution is -0.218. The lowest BCUT2D eigenvalue weighted by Gasteiger charge is -2.44. The van der Waals surface area contributed by atoms with Gasteiger partial charge in [-0.15, -0.1) is 0 Å². The maximum Gasteiger partial charge on any atom is 0.350 e. The van der Waals surface area contributed by atoms with Crippen LogP contribution in [0.4, 0.5) is 0 Å². The number of rotatable bonds is 5. The van der Waals surface area contributed by atoms with Gasteiger partial charge in [-0.05, 0) is 55.5 Å². The fraction of sp³-hybridized carbons (Fsp3) is 0.632. The molecule has 0 spiro atoms. The lowest BCUT2D eigenvalue weighted by atomic mass is 9.79. The summed E-state index contributed by atoms with van der Waals surface area (Å²) in [5.74, 6) is -1.49. The molecule has 2 saturated heterocycles. The van der Waals surface area contributed by atoms with E-state index in [1.165, 1.54) is 0 Å². The average Bonchev–Trinajstić information content (AvgIpc) is 3.00. The first kappa shape index (κ1) is 22.5. The van der Waals surface area contributed by atoms with E-state index >= 15 is 0 Å². The third-order valence-corrected chi connectivity index (χ3v) is 7.93. The molecular formula is C19H28ClN3O5S. The predicted molar refractivity (Wildman–Crippen MR) is 109 cm³/mol. The molecule has 3 N–H and O–H groups in total. The Morgan fingerprint density at radius 2 is 2.03 bits per heavy atom. The van der Waals surface area contributed by atoms with E-state index in [9.17, 15) is 18.3 Å². The van der Waals surface area contributed by atoms with Crippen molar-refractivity contribution in [1.29, 1.82) is 0 Å². The van der Waals surface area contributed by atoms with E-state index in [-0.39, 0.29) is 22.1 Å². The van der Waals surface area contributed by atoms with Gasteiger partial charge in [-0.2, -0.15) is 5.06 Å². The summed E-state index contributed by atoms with van der Waals surface area (Å²) in [6.45, 7) is 9.04. The van der Waals surface area contributed by atoms with Crippen LogP contribution in [0.15, 0.2) is 17.0 Å². The number of aliphatic carboxylic acids is 1. The molecule has 0 aliphatic carbocycles. The van der Waals surface area contributed by atoms with E-state index in [2.05, 4.69) is 24.5 Å². The maximum absolute atomic E-state index is 13.2. The number of sulfone groups is 1. The molecule has 3 rings (SSSR count). The van der Waals surface area contributed by atoms with E-state index in [1.54, 1.807) is 31.0 Å². The largest absolute Gasteiger partial charge is 0.478 e. The Kier molecular flexibility index (Phi) is 6.29. The van der Waals surface area contributed by atoms with Crippen LogP contribution in [0.1, 0.15) is 31.4 Å². The van der Waals surface area contributed by atoms with Crippen LogP contribution in [0.5, 0.6) is 0 Å². The minimum Gasteiger partial charge on any atom is -0.478 e. The first-order valence-electron chi connectivity index (χ1n) is 9.56. The number of nitrogens with one attached hydrogen (secondary N) is 2. The van der Waals surface area contributed by atoms with Gasteiger partial charge >= 0.3 is 5.97 Å². The van der Waals surface area contributed by atoms with Crippen LogP contribution in [0.25, 0.3) is 0 Å².